The van der Waals surface area contributed by atoms with E-state index in [4.69, 9.17) is 0 Å². The van der Waals surface area contributed by atoms with E-state index in [0.29, 0.717) is 0 Å². The molecule has 1 heterocycles. The van der Waals surface area contributed by atoms with Gasteiger partial charge in [0, 0.05) is 18.8 Å². The summed E-state index contributed by atoms with van der Waals surface area (Å²) in [6.07, 6.45) is 7.18. The Hall–Kier alpha value is -0.0400. The van der Waals surface area contributed by atoms with Crippen molar-refractivity contribution < 1.29 is 4.48 Å². The van der Waals surface area contributed by atoms with Crippen LogP contribution in [-0.2, 0) is 0 Å². The zero-order valence-electron chi connectivity index (χ0n) is 10.4. The molecular weight excluding hydrogens is 170 g/mol. The Morgan fingerprint density at radius 2 is 1.71 bits per heavy atom. The lowest BCUT2D eigenvalue weighted by Crippen LogP contribution is -2.48. The topological polar surface area (TPSA) is 0 Å². The molecule has 0 aromatic carbocycles. The first-order chi connectivity index (χ1) is 6.68. The number of hydrogen-bond donors (Lipinski definition) is 0. The summed E-state index contributed by atoms with van der Waals surface area (Å²) in [5.41, 5.74) is 0. The van der Waals surface area contributed by atoms with Crippen molar-refractivity contribution in [2.75, 3.05) is 26.2 Å². The minimum atomic E-state index is 0.870. The lowest BCUT2D eigenvalue weighted by molar-refractivity contribution is -0.919. The molecule has 1 fully saturated rings. The van der Waals surface area contributed by atoms with Crippen LogP contribution in [0.5, 0.6) is 0 Å². The van der Waals surface area contributed by atoms with E-state index < -0.39 is 0 Å². The molecule has 0 aliphatic carbocycles. The highest BCUT2D eigenvalue weighted by atomic mass is 15.4. The second-order valence-electron chi connectivity index (χ2n) is 5.50. The molecule has 1 saturated heterocycles. The molecule has 1 aliphatic heterocycles. The smallest absolute Gasteiger partial charge is 0.0809 e. The molecule has 1 aliphatic rings. The van der Waals surface area contributed by atoms with Gasteiger partial charge in [-0.2, -0.15) is 0 Å². The van der Waals surface area contributed by atoms with Crippen LogP contribution in [0.15, 0.2) is 0 Å². The van der Waals surface area contributed by atoms with E-state index in [0.717, 1.165) is 5.92 Å². The number of quaternary nitrogens is 1. The molecule has 1 rings (SSSR count). The molecule has 0 saturated carbocycles. The summed E-state index contributed by atoms with van der Waals surface area (Å²) in [5.74, 6) is 0.870. The van der Waals surface area contributed by atoms with Crippen molar-refractivity contribution in [3.05, 3.63) is 0 Å². The number of nitrogens with zero attached hydrogens (tertiary/aromatic N) is 1. The molecule has 0 aromatic rings. The number of unbranched alkanes of at least 4 members (excludes halogenated alkanes) is 2. The van der Waals surface area contributed by atoms with E-state index >= 15 is 0 Å². The highest BCUT2D eigenvalue weighted by molar-refractivity contribution is 4.57. The van der Waals surface area contributed by atoms with Gasteiger partial charge in [-0.1, -0.05) is 27.2 Å². The second kappa shape index (κ2) is 5.75. The van der Waals surface area contributed by atoms with Gasteiger partial charge < -0.3 is 4.48 Å². The molecule has 0 N–H and O–H groups in total. The fraction of sp³-hybridized carbons (Fsp3) is 1.00. The minimum Gasteiger partial charge on any atom is -0.323 e. The van der Waals surface area contributed by atoms with Crippen molar-refractivity contribution in [1.82, 2.24) is 0 Å². The van der Waals surface area contributed by atoms with E-state index in [9.17, 15) is 0 Å². The van der Waals surface area contributed by atoms with Crippen LogP contribution >= 0.6 is 0 Å². The summed E-state index contributed by atoms with van der Waals surface area (Å²) >= 11 is 0. The maximum Gasteiger partial charge on any atom is 0.0809 e. The molecule has 0 bridgehead atoms. The van der Waals surface area contributed by atoms with Gasteiger partial charge in [0.2, 0.25) is 0 Å². The van der Waals surface area contributed by atoms with E-state index in [1.54, 1.807) is 0 Å². The molecule has 0 atom stereocenters. The number of likely N-dealkylation sites (tertiary alicyclic amines) is 1. The fourth-order valence-corrected chi connectivity index (χ4v) is 2.98. The molecular formula is C13H28N+. The summed E-state index contributed by atoms with van der Waals surface area (Å²) < 4.78 is 1.44. The molecule has 1 heteroatoms. The van der Waals surface area contributed by atoms with Crippen LogP contribution < -0.4 is 0 Å². The Kier molecular flexibility index (Phi) is 4.94. The Morgan fingerprint density at radius 3 is 2.21 bits per heavy atom. The van der Waals surface area contributed by atoms with Gasteiger partial charge in [-0.3, -0.25) is 0 Å². The number of hydrogen-bond acceptors (Lipinski definition) is 0. The van der Waals surface area contributed by atoms with Crippen LogP contribution in [0.25, 0.3) is 0 Å². The molecule has 1 nitrogen and oxygen atoms in total. The van der Waals surface area contributed by atoms with Gasteiger partial charge in [0.15, 0.2) is 0 Å². The van der Waals surface area contributed by atoms with E-state index in [1.165, 1.54) is 62.8 Å². The quantitative estimate of drug-likeness (QED) is 0.453. The number of rotatable bonds is 6. The van der Waals surface area contributed by atoms with Crippen molar-refractivity contribution in [2.45, 2.75) is 52.9 Å². The third-order valence-corrected chi connectivity index (χ3v) is 3.50. The van der Waals surface area contributed by atoms with E-state index in [1.807, 2.05) is 0 Å². The lowest BCUT2D eigenvalue weighted by atomic mass is 10.1. The maximum atomic E-state index is 2.37. The molecule has 0 aromatic heterocycles. The van der Waals surface area contributed by atoms with Crippen LogP contribution in [0.1, 0.15) is 52.9 Å². The predicted molar refractivity (Wildman–Crippen MR) is 63.3 cm³/mol. The first-order valence-electron chi connectivity index (χ1n) is 6.53. The summed E-state index contributed by atoms with van der Waals surface area (Å²) in [4.78, 5) is 0. The summed E-state index contributed by atoms with van der Waals surface area (Å²) in [6.45, 7) is 12.8. The molecule has 14 heavy (non-hydrogen) atoms. The Balaban J connectivity index is 2.36. The SMILES string of the molecule is CCCCC[N+]1(CC(C)C)CCCC1. The van der Waals surface area contributed by atoms with Gasteiger partial charge in [-0.25, -0.2) is 0 Å². The highest BCUT2D eigenvalue weighted by Gasteiger charge is 2.31. The van der Waals surface area contributed by atoms with Crippen LogP contribution in [0, 0.1) is 5.92 Å². The summed E-state index contributed by atoms with van der Waals surface area (Å²) in [6, 6.07) is 0. The normalized spacial score (nSPS) is 20.6. The zero-order chi connectivity index (χ0) is 10.4. The van der Waals surface area contributed by atoms with Crippen molar-refractivity contribution >= 4 is 0 Å². The Bertz CT molecular complexity index is 145. The van der Waals surface area contributed by atoms with Gasteiger partial charge in [0.05, 0.1) is 26.2 Å². The maximum absolute atomic E-state index is 2.37. The molecule has 0 amide bonds. The third-order valence-electron chi connectivity index (χ3n) is 3.50. The summed E-state index contributed by atoms with van der Waals surface area (Å²) in [7, 11) is 0. The lowest BCUT2D eigenvalue weighted by Gasteiger charge is -2.36. The average molecular weight is 198 g/mol. The van der Waals surface area contributed by atoms with E-state index in [-0.39, 0.29) is 0 Å². The monoisotopic (exact) mass is 198 g/mol. The first-order valence-corrected chi connectivity index (χ1v) is 6.53. The van der Waals surface area contributed by atoms with Crippen LogP contribution in [0.3, 0.4) is 0 Å². The minimum absolute atomic E-state index is 0.870. The van der Waals surface area contributed by atoms with Crippen molar-refractivity contribution in [3.8, 4) is 0 Å². The van der Waals surface area contributed by atoms with Gasteiger partial charge in [0.1, 0.15) is 0 Å². The van der Waals surface area contributed by atoms with E-state index in [2.05, 4.69) is 20.8 Å². The summed E-state index contributed by atoms with van der Waals surface area (Å²) in [5, 5.41) is 0. The highest BCUT2D eigenvalue weighted by Crippen LogP contribution is 2.22. The first kappa shape index (κ1) is 12.0. The van der Waals surface area contributed by atoms with Crippen molar-refractivity contribution in [3.63, 3.8) is 0 Å². The average Bonchev–Trinajstić information content (AvgIpc) is 2.53. The van der Waals surface area contributed by atoms with Crippen LogP contribution in [0.2, 0.25) is 0 Å². The largest absolute Gasteiger partial charge is 0.323 e. The second-order valence-corrected chi connectivity index (χ2v) is 5.50. The third kappa shape index (κ3) is 3.61. The van der Waals surface area contributed by atoms with Gasteiger partial charge in [-0.15, -0.1) is 0 Å². The Labute approximate surface area is 90.1 Å². The molecule has 84 valence electrons. The predicted octanol–water partition coefficient (Wildman–Crippen LogP) is 3.44. The molecule has 0 radical (unpaired) electrons. The van der Waals surface area contributed by atoms with Crippen LogP contribution in [-0.4, -0.2) is 30.7 Å². The van der Waals surface area contributed by atoms with Crippen molar-refractivity contribution in [1.29, 1.82) is 0 Å². The van der Waals surface area contributed by atoms with Crippen molar-refractivity contribution in [2.24, 2.45) is 5.92 Å². The zero-order valence-corrected chi connectivity index (χ0v) is 10.4. The van der Waals surface area contributed by atoms with Gasteiger partial charge in [-0.05, 0) is 12.8 Å². The standard InChI is InChI=1S/C13H28N/c1-4-5-6-9-14(12-13(2)3)10-7-8-11-14/h13H,4-12H2,1-3H3/q+1. The van der Waals surface area contributed by atoms with Crippen LogP contribution in [0.4, 0.5) is 0 Å². The fourth-order valence-electron chi connectivity index (χ4n) is 2.98. The van der Waals surface area contributed by atoms with Gasteiger partial charge in [0.25, 0.3) is 0 Å². The van der Waals surface area contributed by atoms with Gasteiger partial charge >= 0.3 is 0 Å². The molecule has 0 spiro atoms. The Morgan fingerprint density at radius 1 is 1.07 bits per heavy atom. The molecule has 0 unspecified atom stereocenters.